The van der Waals surface area contributed by atoms with E-state index in [1.165, 1.54) is 12.1 Å². The second-order valence-electron chi connectivity index (χ2n) is 6.85. The zero-order valence-corrected chi connectivity index (χ0v) is 13.9. The molecule has 2 atom stereocenters. The minimum atomic E-state index is -0.233. The molecule has 2 heterocycles. The third-order valence-electron chi connectivity index (χ3n) is 5.05. The zero-order valence-electron chi connectivity index (χ0n) is 13.9. The average Bonchev–Trinajstić information content (AvgIpc) is 3.48. The van der Waals surface area contributed by atoms with Crippen LogP contribution in [0.2, 0.25) is 0 Å². The molecule has 0 bridgehead atoms. The third kappa shape index (κ3) is 3.62. The van der Waals surface area contributed by atoms with Gasteiger partial charge in [-0.3, -0.25) is 9.78 Å². The van der Waals surface area contributed by atoms with Crippen LogP contribution in [-0.2, 0) is 4.79 Å². The largest absolute Gasteiger partial charge is 0.364 e. The average molecular weight is 340 g/mol. The van der Waals surface area contributed by atoms with Crippen LogP contribution in [0.15, 0.2) is 42.9 Å². The number of carbonyl (C=O) groups is 1. The van der Waals surface area contributed by atoms with Crippen LogP contribution in [-0.4, -0.2) is 39.9 Å². The number of anilines is 1. The first kappa shape index (κ1) is 16.0. The molecule has 4 rings (SSSR count). The van der Waals surface area contributed by atoms with E-state index in [0.717, 1.165) is 31.4 Å². The van der Waals surface area contributed by atoms with Crippen LogP contribution in [0.25, 0.3) is 0 Å². The molecule has 1 amide bonds. The van der Waals surface area contributed by atoms with Crippen molar-refractivity contribution in [3.63, 3.8) is 0 Å². The Balaban J connectivity index is 1.56. The van der Waals surface area contributed by atoms with E-state index in [0.29, 0.717) is 12.4 Å². The van der Waals surface area contributed by atoms with Gasteiger partial charge in [0.15, 0.2) is 0 Å². The molecule has 1 aliphatic heterocycles. The molecule has 1 N–H and O–H groups in total. The molecule has 0 unspecified atom stereocenters. The maximum Gasteiger partial charge on any atom is 0.225 e. The fourth-order valence-electron chi connectivity index (χ4n) is 3.56. The van der Waals surface area contributed by atoms with Crippen LogP contribution in [0.5, 0.6) is 0 Å². The lowest BCUT2D eigenvalue weighted by atomic mass is 9.85. The highest BCUT2D eigenvalue weighted by atomic mass is 19.1. The van der Waals surface area contributed by atoms with E-state index in [4.69, 9.17) is 0 Å². The lowest BCUT2D eigenvalue weighted by molar-refractivity contribution is -0.133. The number of nitrogens with one attached hydrogen (secondary N) is 1. The Morgan fingerprint density at radius 3 is 2.64 bits per heavy atom. The summed E-state index contributed by atoms with van der Waals surface area (Å²) in [4.78, 5) is 22.8. The minimum Gasteiger partial charge on any atom is -0.364 e. The highest BCUT2D eigenvalue weighted by molar-refractivity contribution is 5.81. The van der Waals surface area contributed by atoms with Crippen LogP contribution >= 0.6 is 0 Å². The Hall–Kier alpha value is -2.50. The Morgan fingerprint density at radius 1 is 1.16 bits per heavy atom. The van der Waals surface area contributed by atoms with Crippen LogP contribution in [0, 0.1) is 11.7 Å². The number of rotatable bonds is 4. The summed E-state index contributed by atoms with van der Waals surface area (Å²) in [6.45, 7) is 1.38. The fourth-order valence-corrected chi connectivity index (χ4v) is 3.56. The van der Waals surface area contributed by atoms with Gasteiger partial charge in [0.25, 0.3) is 0 Å². The van der Waals surface area contributed by atoms with Gasteiger partial charge in [0, 0.05) is 37.3 Å². The molecule has 2 fully saturated rings. The van der Waals surface area contributed by atoms with Crippen molar-refractivity contribution in [1.29, 1.82) is 0 Å². The van der Waals surface area contributed by atoms with Gasteiger partial charge < -0.3 is 10.2 Å². The molecule has 1 saturated heterocycles. The summed E-state index contributed by atoms with van der Waals surface area (Å²) in [6.07, 6.45) is 7.83. The van der Waals surface area contributed by atoms with Gasteiger partial charge in [-0.05, 0) is 37.0 Å². The quantitative estimate of drug-likeness (QED) is 0.930. The summed E-state index contributed by atoms with van der Waals surface area (Å²) in [7, 11) is 0. The number of benzene rings is 1. The standard InChI is InChI=1S/C19H21FN4O/c20-15-5-3-13(4-6-15)16-7-10-24(19(25)14-1-2-14)12-17(16)23-18-11-21-8-9-22-18/h3-6,8-9,11,14,16-17H,1-2,7,10,12H2,(H,22,23)/t16-,17+/m0/s1. The molecular formula is C19H21FN4O. The van der Waals surface area contributed by atoms with E-state index >= 15 is 0 Å². The molecule has 1 saturated carbocycles. The lowest BCUT2D eigenvalue weighted by Crippen LogP contribution is -2.49. The van der Waals surface area contributed by atoms with Gasteiger partial charge in [-0.25, -0.2) is 9.37 Å². The molecule has 0 spiro atoms. The molecule has 2 aromatic rings. The molecule has 6 heteroatoms. The fraction of sp³-hybridized carbons (Fsp3) is 0.421. The van der Waals surface area contributed by atoms with E-state index in [-0.39, 0.29) is 29.6 Å². The molecule has 0 radical (unpaired) electrons. The summed E-state index contributed by atoms with van der Waals surface area (Å²) in [5.41, 5.74) is 1.08. The van der Waals surface area contributed by atoms with E-state index in [1.807, 2.05) is 17.0 Å². The Labute approximate surface area is 146 Å². The number of hydrogen-bond acceptors (Lipinski definition) is 4. The van der Waals surface area contributed by atoms with Crippen LogP contribution in [0.3, 0.4) is 0 Å². The summed E-state index contributed by atoms with van der Waals surface area (Å²) >= 11 is 0. The number of nitrogens with zero attached hydrogens (tertiary/aromatic N) is 3. The van der Waals surface area contributed by atoms with Crippen molar-refractivity contribution < 1.29 is 9.18 Å². The highest BCUT2D eigenvalue weighted by Gasteiger charge is 2.38. The maximum absolute atomic E-state index is 13.3. The number of aromatic nitrogens is 2. The number of likely N-dealkylation sites (tertiary alicyclic amines) is 1. The van der Waals surface area contributed by atoms with Gasteiger partial charge >= 0.3 is 0 Å². The van der Waals surface area contributed by atoms with E-state index in [1.54, 1.807) is 18.6 Å². The molecule has 130 valence electrons. The first-order valence-corrected chi connectivity index (χ1v) is 8.77. The predicted octanol–water partition coefficient (Wildman–Crippen LogP) is 2.82. The third-order valence-corrected chi connectivity index (χ3v) is 5.05. The number of halogens is 1. The summed E-state index contributed by atoms with van der Waals surface area (Å²) in [6, 6.07) is 6.69. The molecule has 1 aromatic heterocycles. The monoisotopic (exact) mass is 340 g/mol. The summed E-state index contributed by atoms with van der Waals surface area (Å²) in [5, 5.41) is 3.43. The van der Waals surface area contributed by atoms with Crippen LogP contribution in [0.1, 0.15) is 30.7 Å². The van der Waals surface area contributed by atoms with Gasteiger partial charge in [0.05, 0.1) is 12.2 Å². The maximum atomic E-state index is 13.3. The van der Waals surface area contributed by atoms with Gasteiger partial charge in [0.1, 0.15) is 11.6 Å². The molecule has 5 nitrogen and oxygen atoms in total. The number of hydrogen-bond donors (Lipinski definition) is 1. The minimum absolute atomic E-state index is 0.0265. The van der Waals surface area contributed by atoms with Crippen LogP contribution in [0.4, 0.5) is 10.2 Å². The highest BCUT2D eigenvalue weighted by Crippen LogP contribution is 2.35. The lowest BCUT2D eigenvalue weighted by Gasteiger charge is -2.39. The van der Waals surface area contributed by atoms with Crippen molar-refractivity contribution in [3.05, 3.63) is 54.2 Å². The van der Waals surface area contributed by atoms with Gasteiger partial charge in [0.2, 0.25) is 5.91 Å². The molecule has 2 aliphatic rings. The van der Waals surface area contributed by atoms with Crippen molar-refractivity contribution in [2.24, 2.45) is 5.92 Å². The normalized spacial score (nSPS) is 23.3. The van der Waals surface area contributed by atoms with Gasteiger partial charge in [-0.2, -0.15) is 0 Å². The summed E-state index contributed by atoms with van der Waals surface area (Å²) < 4.78 is 13.3. The molecule has 1 aliphatic carbocycles. The van der Waals surface area contributed by atoms with Crippen molar-refractivity contribution in [2.45, 2.75) is 31.2 Å². The first-order valence-electron chi connectivity index (χ1n) is 8.77. The molecule has 25 heavy (non-hydrogen) atoms. The van der Waals surface area contributed by atoms with E-state index < -0.39 is 0 Å². The predicted molar refractivity (Wildman–Crippen MR) is 92.5 cm³/mol. The van der Waals surface area contributed by atoms with Gasteiger partial charge in [-0.1, -0.05) is 12.1 Å². The Kier molecular flexibility index (Phi) is 4.34. The van der Waals surface area contributed by atoms with Crippen molar-refractivity contribution in [2.75, 3.05) is 18.4 Å². The van der Waals surface area contributed by atoms with Crippen LogP contribution < -0.4 is 5.32 Å². The molecular weight excluding hydrogens is 319 g/mol. The van der Waals surface area contributed by atoms with Crippen molar-refractivity contribution in [1.82, 2.24) is 14.9 Å². The molecule has 1 aromatic carbocycles. The first-order chi connectivity index (χ1) is 12.2. The smallest absolute Gasteiger partial charge is 0.225 e. The number of amides is 1. The van der Waals surface area contributed by atoms with Gasteiger partial charge in [-0.15, -0.1) is 0 Å². The van der Waals surface area contributed by atoms with Crippen molar-refractivity contribution >= 4 is 11.7 Å². The zero-order chi connectivity index (χ0) is 17.2. The summed E-state index contributed by atoms with van der Waals surface area (Å²) in [5.74, 6) is 1.15. The van der Waals surface area contributed by atoms with E-state index in [2.05, 4.69) is 15.3 Å². The SMILES string of the molecule is O=C(C1CC1)N1CC[C@@H](c2ccc(F)cc2)[C@H](Nc2cnccn2)C1. The van der Waals surface area contributed by atoms with Crippen molar-refractivity contribution in [3.8, 4) is 0 Å². The van der Waals surface area contributed by atoms with E-state index in [9.17, 15) is 9.18 Å². The Morgan fingerprint density at radius 2 is 1.96 bits per heavy atom. The Bertz CT molecular complexity index is 733. The topological polar surface area (TPSA) is 58.1 Å². The number of carbonyl (C=O) groups excluding carboxylic acids is 1. The second-order valence-corrected chi connectivity index (χ2v) is 6.85. The second kappa shape index (κ2) is 6.78. The number of piperidine rings is 1.